The Kier molecular flexibility index (Phi) is 12.3. The van der Waals surface area contributed by atoms with Gasteiger partial charge in [-0.05, 0) is 119 Å². The van der Waals surface area contributed by atoms with Crippen LogP contribution < -0.4 is 0 Å². The van der Waals surface area contributed by atoms with Gasteiger partial charge in [0, 0.05) is 24.3 Å². The van der Waals surface area contributed by atoms with E-state index in [4.69, 9.17) is 9.39 Å². The molecule has 3 nitrogen and oxygen atoms in total. The monoisotopic (exact) mass is 624 g/mol. The van der Waals surface area contributed by atoms with Crippen molar-refractivity contribution in [2.24, 2.45) is 21.2 Å². The van der Waals surface area contributed by atoms with E-state index < -0.39 is 0 Å². The van der Waals surface area contributed by atoms with Gasteiger partial charge < -0.3 is 0 Å². The molecule has 218 valence electrons. The summed E-state index contributed by atoms with van der Waals surface area (Å²) >= 11 is 5.43. The molecule has 5 heteroatoms. The van der Waals surface area contributed by atoms with Crippen molar-refractivity contribution in [3.05, 3.63) is 56.3 Å². The number of allylic oxidation sites excluding steroid dienone is 9. The minimum atomic E-state index is 0.234. The molecule has 4 rings (SSSR count). The van der Waals surface area contributed by atoms with Gasteiger partial charge in [-0.25, -0.2) is 4.40 Å². The molecule has 4 aliphatic rings. The van der Waals surface area contributed by atoms with Crippen LogP contribution in [0.2, 0.25) is 0 Å². The van der Waals surface area contributed by atoms with E-state index in [1.54, 1.807) is 17.5 Å². The summed E-state index contributed by atoms with van der Waals surface area (Å²) in [7, 11) is 0. The fourth-order valence-electron chi connectivity index (χ4n) is 6.67. The zero-order chi connectivity index (χ0) is 28.5. The highest BCUT2D eigenvalue weighted by molar-refractivity contribution is 9.11. The van der Waals surface area contributed by atoms with Crippen molar-refractivity contribution in [2.45, 2.75) is 124 Å². The molecule has 2 aliphatic heterocycles. The lowest BCUT2D eigenvalue weighted by Gasteiger charge is -2.25. The van der Waals surface area contributed by atoms with E-state index in [0.717, 1.165) is 88.5 Å². The molecule has 1 fully saturated rings. The Labute approximate surface area is 256 Å². The van der Waals surface area contributed by atoms with Crippen LogP contribution in [0.25, 0.3) is 0 Å². The van der Waals surface area contributed by atoms with E-state index in [2.05, 4.69) is 62.0 Å². The maximum Gasteiger partial charge on any atom is 0.135 e. The van der Waals surface area contributed by atoms with Gasteiger partial charge in [0.15, 0.2) is 0 Å². The van der Waals surface area contributed by atoms with Crippen LogP contribution in [0.3, 0.4) is 0 Å². The fourth-order valence-corrected chi connectivity index (χ4v) is 8.06. The summed E-state index contributed by atoms with van der Waals surface area (Å²) in [5.41, 5.74) is 11.1. The van der Waals surface area contributed by atoms with Gasteiger partial charge in [0.05, 0.1) is 11.4 Å². The highest BCUT2D eigenvalue weighted by Crippen LogP contribution is 2.34. The Balaban J connectivity index is 1.33. The fraction of sp³-hybridized carbons (Fsp3) is 0.629. The lowest BCUT2D eigenvalue weighted by molar-refractivity contribution is -0.123. The Hall–Kier alpha value is -1.46. The average Bonchev–Trinajstić information content (AvgIpc) is 3.18. The molecule has 2 unspecified atom stereocenters. The Morgan fingerprint density at radius 2 is 1.85 bits per heavy atom. The molecule has 0 bridgehead atoms. The molecular formula is C35H49BrN2OS. The van der Waals surface area contributed by atoms with Gasteiger partial charge in [0.2, 0.25) is 0 Å². The molecule has 0 radical (unpaired) electrons. The van der Waals surface area contributed by atoms with Gasteiger partial charge in [0.1, 0.15) is 5.78 Å². The molecule has 0 N–H and O–H groups in total. The van der Waals surface area contributed by atoms with Crippen molar-refractivity contribution in [3.63, 3.8) is 0 Å². The molecule has 40 heavy (non-hydrogen) atoms. The molecule has 2 atom stereocenters. The van der Waals surface area contributed by atoms with Gasteiger partial charge in [0.25, 0.3) is 0 Å². The highest BCUT2D eigenvalue weighted by Gasteiger charge is 2.27. The summed E-state index contributed by atoms with van der Waals surface area (Å²) < 4.78 is 6.22. The summed E-state index contributed by atoms with van der Waals surface area (Å²) in [5, 5.41) is 0. The minimum Gasteiger partial charge on any atom is -0.299 e. The van der Waals surface area contributed by atoms with Gasteiger partial charge in [-0.3, -0.25) is 9.79 Å². The quantitative estimate of drug-likeness (QED) is 0.199. The van der Waals surface area contributed by atoms with Crippen LogP contribution in [0.4, 0.5) is 0 Å². The molecule has 0 amide bonds. The number of carbonyl (C=O) groups is 1. The van der Waals surface area contributed by atoms with E-state index in [0.29, 0.717) is 11.7 Å². The van der Waals surface area contributed by atoms with Gasteiger partial charge in [-0.2, -0.15) is 0 Å². The summed E-state index contributed by atoms with van der Waals surface area (Å²) in [4.78, 5) is 18.4. The Morgan fingerprint density at radius 1 is 1.02 bits per heavy atom. The number of Topliss-reactive ketones (excluding diaryl/α,β-unsaturated/α-hetero) is 1. The Bertz CT molecular complexity index is 1170. The number of ketones is 1. The smallest absolute Gasteiger partial charge is 0.135 e. The second-order valence-corrected chi connectivity index (χ2v) is 14.4. The zero-order valence-electron chi connectivity index (χ0n) is 25.3. The maximum absolute atomic E-state index is 13.4. The van der Waals surface area contributed by atoms with Crippen LogP contribution in [0.1, 0.15) is 124 Å². The van der Waals surface area contributed by atoms with Crippen LogP contribution in [0.15, 0.2) is 65.7 Å². The standard InChI is InChI=1S/C35H49BrN2OS/c1-5-29-21-27(14-16-31(36)20-26(29)4)10-8-12-34(39)30-11-7-6-9-28(13-15-30)22-33-35-32(19-24(2)23-37-33)25(3)17-18-40-38-35/h14,16,23,28,30H,5-13,15,17-22H2,1-4H3. The maximum atomic E-state index is 13.4. The second kappa shape index (κ2) is 15.7. The average molecular weight is 626 g/mol. The van der Waals surface area contributed by atoms with Crippen molar-refractivity contribution in [1.29, 1.82) is 0 Å². The SMILES string of the molecule is CCC1=C(C)CC(Br)=CC=C(CCCC(=O)C2CCCCC(CC3=NC=C(C)CC4=C(C)CCSN=C34)CC2)C1. The molecule has 0 spiro atoms. The third-order valence-corrected chi connectivity index (χ3v) is 10.5. The number of nitrogens with zero attached hydrogens (tertiary/aromatic N) is 2. The first-order chi connectivity index (χ1) is 19.3. The third-order valence-electron chi connectivity index (χ3n) is 9.30. The number of halogens is 1. The first-order valence-electron chi connectivity index (χ1n) is 15.7. The summed E-state index contributed by atoms with van der Waals surface area (Å²) in [6.45, 7) is 9.00. The van der Waals surface area contributed by atoms with E-state index in [9.17, 15) is 4.79 Å². The zero-order valence-corrected chi connectivity index (χ0v) is 27.7. The number of rotatable bonds is 8. The van der Waals surface area contributed by atoms with Crippen molar-refractivity contribution in [3.8, 4) is 0 Å². The van der Waals surface area contributed by atoms with Crippen LogP contribution in [0.5, 0.6) is 0 Å². The van der Waals surface area contributed by atoms with E-state index in [-0.39, 0.29) is 5.92 Å². The lowest BCUT2D eigenvalue weighted by Crippen LogP contribution is -2.23. The lowest BCUT2D eigenvalue weighted by atomic mass is 9.79. The van der Waals surface area contributed by atoms with E-state index >= 15 is 0 Å². The van der Waals surface area contributed by atoms with Crippen molar-refractivity contribution < 1.29 is 4.79 Å². The number of hydrogen-bond acceptors (Lipinski definition) is 4. The van der Waals surface area contributed by atoms with Crippen LogP contribution in [-0.4, -0.2) is 23.0 Å². The van der Waals surface area contributed by atoms with Crippen molar-refractivity contribution in [2.75, 3.05) is 5.75 Å². The first kappa shape index (κ1) is 31.5. The molecule has 0 aromatic rings. The largest absolute Gasteiger partial charge is 0.299 e. The highest BCUT2D eigenvalue weighted by atomic mass is 79.9. The van der Waals surface area contributed by atoms with E-state index in [1.807, 2.05) is 0 Å². The first-order valence-corrected chi connectivity index (χ1v) is 17.4. The summed E-state index contributed by atoms with van der Waals surface area (Å²) in [6.07, 6.45) is 22.5. The topological polar surface area (TPSA) is 41.8 Å². The predicted molar refractivity (Wildman–Crippen MR) is 178 cm³/mol. The molecule has 0 aromatic heterocycles. The molecule has 0 saturated heterocycles. The van der Waals surface area contributed by atoms with Crippen molar-refractivity contribution in [1.82, 2.24) is 0 Å². The predicted octanol–water partition coefficient (Wildman–Crippen LogP) is 11.0. The summed E-state index contributed by atoms with van der Waals surface area (Å²) in [5.74, 6) is 2.38. The van der Waals surface area contributed by atoms with Gasteiger partial charge in [-0.1, -0.05) is 82.1 Å². The van der Waals surface area contributed by atoms with E-state index in [1.165, 1.54) is 57.3 Å². The molecule has 2 aliphatic carbocycles. The second-order valence-electron chi connectivity index (χ2n) is 12.5. The minimum absolute atomic E-state index is 0.234. The third kappa shape index (κ3) is 9.02. The van der Waals surface area contributed by atoms with Crippen LogP contribution >= 0.6 is 27.9 Å². The molecule has 2 heterocycles. The number of hydrogen-bond donors (Lipinski definition) is 0. The van der Waals surface area contributed by atoms with Gasteiger partial charge >= 0.3 is 0 Å². The summed E-state index contributed by atoms with van der Waals surface area (Å²) in [6, 6.07) is 0. The number of carbonyl (C=O) groups excluding carboxylic acids is 1. The molecular weight excluding hydrogens is 576 g/mol. The normalized spacial score (nSPS) is 25.1. The van der Waals surface area contributed by atoms with Crippen LogP contribution in [0, 0.1) is 11.8 Å². The number of fused-ring (bicyclic) bond motifs is 1. The molecule has 0 aromatic carbocycles. The molecule has 1 saturated carbocycles. The van der Waals surface area contributed by atoms with Crippen molar-refractivity contribution >= 4 is 45.1 Å². The van der Waals surface area contributed by atoms with Crippen LogP contribution in [-0.2, 0) is 4.79 Å². The Morgan fingerprint density at radius 3 is 2.67 bits per heavy atom. The van der Waals surface area contributed by atoms with Gasteiger partial charge in [-0.15, -0.1) is 0 Å². The number of aliphatic imine (C=N–C) groups is 1.